The number of hydrogen-bond donors (Lipinski definition) is 2. The fourth-order valence-electron chi connectivity index (χ4n) is 1.44. The molecule has 19 heavy (non-hydrogen) atoms. The minimum atomic E-state index is -1.26. The van der Waals surface area contributed by atoms with E-state index in [1.165, 1.54) is 18.3 Å². The molecule has 0 radical (unpaired) electrons. The second kappa shape index (κ2) is 5.31. The van der Waals surface area contributed by atoms with E-state index in [2.05, 4.69) is 26.2 Å². The van der Waals surface area contributed by atoms with Gasteiger partial charge in [0.25, 0.3) is 0 Å². The summed E-state index contributed by atoms with van der Waals surface area (Å²) < 4.78 is 27.4. The molecule has 2 aromatic rings. The molecule has 0 saturated heterocycles. The van der Waals surface area contributed by atoms with E-state index in [-0.39, 0.29) is 11.4 Å². The Morgan fingerprint density at radius 3 is 2.53 bits per heavy atom. The maximum absolute atomic E-state index is 13.5. The van der Waals surface area contributed by atoms with Crippen LogP contribution < -0.4 is 5.32 Å². The number of carboxylic acid groups (broad SMARTS) is 1. The minimum absolute atomic E-state index is 0.139. The molecule has 0 aliphatic heterocycles. The fraction of sp³-hybridized carbons (Fsp3) is 0. The van der Waals surface area contributed by atoms with Gasteiger partial charge in [-0.15, -0.1) is 0 Å². The lowest BCUT2D eigenvalue weighted by Gasteiger charge is -2.10. The maximum atomic E-state index is 13.5. The number of anilines is 2. The molecule has 0 spiro atoms. The molecule has 1 aromatic heterocycles. The summed E-state index contributed by atoms with van der Waals surface area (Å²) in [7, 11) is 0. The molecule has 1 aromatic carbocycles. The van der Waals surface area contributed by atoms with Crippen LogP contribution >= 0.6 is 15.9 Å². The highest BCUT2D eigenvalue weighted by Gasteiger charge is 2.16. The first-order valence-corrected chi connectivity index (χ1v) is 5.88. The van der Waals surface area contributed by atoms with Crippen molar-refractivity contribution in [3.63, 3.8) is 0 Å². The van der Waals surface area contributed by atoms with Gasteiger partial charge in [0, 0.05) is 10.7 Å². The molecule has 0 amide bonds. The van der Waals surface area contributed by atoms with Crippen LogP contribution in [0.3, 0.4) is 0 Å². The molecule has 0 unspecified atom stereocenters. The van der Waals surface area contributed by atoms with Crippen molar-refractivity contribution in [2.45, 2.75) is 0 Å². The molecule has 0 bridgehead atoms. The third-order valence-corrected chi connectivity index (χ3v) is 2.72. The standard InChI is InChI=1S/C12H7BrF2N2O2/c13-6-4-7(12(18)19)11(16-5-6)17-10-8(14)2-1-3-9(10)15/h1-5H,(H,16,17)(H,18,19). The van der Waals surface area contributed by atoms with E-state index in [0.29, 0.717) is 4.47 Å². The number of hydrogen-bond acceptors (Lipinski definition) is 3. The molecule has 2 rings (SSSR count). The molecule has 0 fully saturated rings. The van der Waals surface area contributed by atoms with E-state index in [0.717, 1.165) is 12.1 Å². The van der Waals surface area contributed by atoms with Gasteiger partial charge in [0.05, 0.1) is 0 Å². The van der Waals surface area contributed by atoms with Crippen LogP contribution in [0.1, 0.15) is 10.4 Å². The Morgan fingerprint density at radius 1 is 1.32 bits per heavy atom. The Kier molecular flexibility index (Phi) is 3.75. The predicted molar refractivity (Wildman–Crippen MR) is 68.5 cm³/mol. The summed E-state index contributed by atoms with van der Waals surface area (Å²) >= 11 is 3.08. The average molecular weight is 329 g/mol. The first-order chi connectivity index (χ1) is 8.99. The predicted octanol–water partition coefficient (Wildman–Crippen LogP) is 3.56. The summed E-state index contributed by atoms with van der Waals surface area (Å²) in [6.45, 7) is 0. The Labute approximate surface area is 115 Å². The van der Waals surface area contributed by atoms with Crippen LogP contribution in [0.15, 0.2) is 34.9 Å². The molecule has 0 saturated carbocycles. The maximum Gasteiger partial charge on any atom is 0.339 e. The summed E-state index contributed by atoms with van der Waals surface area (Å²) in [5, 5.41) is 11.4. The van der Waals surface area contributed by atoms with Crippen molar-refractivity contribution in [3.05, 3.63) is 52.1 Å². The number of carbonyl (C=O) groups is 1. The Bertz CT molecular complexity index is 629. The van der Waals surface area contributed by atoms with E-state index < -0.39 is 23.3 Å². The van der Waals surface area contributed by atoms with Crippen LogP contribution in [0.5, 0.6) is 0 Å². The Balaban J connectivity index is 2.47. The zero-order valence-electron chi connectivity index (χ0n) is 9.32. The summed E-state index contributed by atoms with van der Waals surface area (Å²) in [6, 6.07) is 4.62. The first-order valence-electron chi connectivity index (χ1n) is 5.09. The van der Waals surface area contributed by atoms with Crippen molar-refractivity contribution in [2.24, 2.45) is 0 Å². The lowest BCUT2D eigenvalue weighted by atomic mass is 10.2. The van der Waals surface area contributed by atoms with Crippen LogP contribution in [-0.2, 0) is 0 Å². The number of rotatable bonds is 3. The van der Waals surface area contributed by atoms with Crippen molar-refractivity contribution in [3.8, 4) is 0 Å². The quantitative estimate of drug-likeness (QED) is 0.904. The van der Waals surface area contributed by atoms with Gasteiger partial charge < -0.3 is 10.4 Å². The van der Waals surface area contributed by atoms with Crippen molar-refractivity contribution in [1.29, 1.82) is 0 Å². The molecule has 0 atom stereocenters. The zero-order chi connectivity index (χ0) is 14.0. The van der Waals surface area contributed by atoms with Crippen molar-refractivity contribution < 1.29 is 18.7 Å². The molecule has 98 valence electrons. The lowest BCUT2D eigenvalue weighted by Crippen LogP contribution is -2.07. The smallest absolute Gasteiger partial charge is 0.339 e. The summed E-state index contributed by atoms with van der Waals surface area (Å²) in [6.07, 6.45) is 1.33. The number of nitrogens with zero attached hydrogens (tertiary/aromatic N) is 1. The van der Waals surface area contributed by atoms with Crippen LogP contribution in [0.4, 0.5) is 20.3 Å². The normalized spacial score (nSPS) is 10.3. The summed E-state index contributed by atoms with van der Waals surface area (Å²) in [4.78, 5) is 14.9. The van der Waals surface area contributed by atoms with Gasteiger partial charge in [-0.1, -0.05) is 6.07 Å². The SMILES string of the molecule is O=C(O)c1cc(Br)cnc1Nc1c(F)cccc1F. The topological polar surface area (TPSA) is 62.2 Å². The Hall–Kier alpha value is -2.02. The molecule has 0 aliphatic carbocycles. The van der Waals surface area contributed by atoms with Crippen molar-refractivity contribution >= 4 is 33.4 Å². The number of aromatic nitrogens is 1. The van der Waals surface area contributed by atoms with Gasteiger partial charge in [-0.25, -0.2) is 18.6 Å². The second-order valence-electron chi connectivity index (χ2n) is 3.58. The van der Waals surface area contributed by atoms with E-state index >= 15 is 0 Å². The number of para-hydroxylation sites is 1. The number of halogens is 3. The lowest BCUT2D eigenvalue weighted by molar-refractivity contribution is 0.0697. The highest BCUT2D eigenvalue weighted by molar-refractivity contribution is 9.10. The molecule has 2 N–H and O–H groups in total. The van der Waals surface area contributed by atoms with E-state index in [1.807, 2.05) is 0 Å². The van der Waals surface area contributed by atoms with Gasteiger partial charge in [-0.05, 0) is 34.1 Å². The molecular formula is C12H7BrF2N2O2. The van der Waals surface area contributed by atoms with Gasteiger partial charge >= 0.3 is 5.97 Å². The molecule has 1 heterocycles. The monoisotopic (exact) mass is 328 g/mol. The number of nitrogens with one attached hydrogen (secondary N) is 1. The summed E-state index contributed by atoms with van der Waals surface area (Å²) in [5.41, 5.74) is -0.642. The molecular weight excluding hydrogens is 322 g/mol. The highest BCUT2D eigenvalue weighted by atomic mass is 79.9. The average Bonchev–Trinajstić information content (AvgIpc) is 2.35. The highest BCUT2D eigenvalue weighted by Crippen LogP contribution is 2.25. The minimum Gasteiger partial charge on any atom is -0.478 e. The van der Waals surface area contributed by atoms with Gasteiger partial charge in [0.2, 0.25) is 0 Å². The van der Waals surface area contributed by atoms with Gasteiger partial charge in [-0.2, -0.15) is 0 Å². The van der Waals surface area contributed by atoms with Crippen LogP contribution in [0, 0.1) is 11.6 Å². The molecule has 7 heteroatoms. The number of benzene rings is 1. The van der Waals surface area contributed by atoms with E-state index in [9.17, 15) is 13.6 Å². The van der Waals surface area contributed by atoms with Crippen LogP contribution in [0.2, 0.25) is 0 Å². The summed E-state index contributed by atoms with van der Waals surface area (Å²) in [5.74, 6) is -3.06. The number of carboxylic acids is 1. The molecule has 4 nitrogen and oxygen atoms in total. The van der Waals surface area contributed by atoms with E-state index in [1.54, 1.807) is 0 Å². The third kappa shape index (κ3) is 2.87. The van der Waals surface area contributed by atoms with Crippen molar-refractivity contribution in [2.75, 3.05) is 5.32 Å². The van der Waals surface area contributed by atoms with Gasteiger partial charge in [0.1, 0.15) is 28.7 Å². The van der Waals surface area contributed by atoms with Crippen LogP contribution in [0.25, 0.3) is 0 Å². The third-order valence-electron chi connectivity index (χ3n) is 2.29. The second-order valence-corrected chi connectivity index (χ2v) is 4.49. The largest absolute Gasteiger partial charge is 0.478 e. The first kappa shape index (κ1) is 13.4. The molecule has 0 aliphatic rings. The number of pyridine rings is 1. The van der Waals surface area contributed by atoms with E-state index in [4.69, 9.17) is 5.11 Å². The zero-order valence-corrected chi connectivity index (χ0v) is 10.9. The van der Waals surface area contributed by atoms with Crippen LogP contribution in [-0.4, -0.2) is 16.1 Å². The fourth-order valence-corrected chi connectivity index (χ4v) is 1.77. The number of aromatic carboxylic acids is 1. The van der Waals surface area contributed by atoms with Gasteiger partial charge in [0.15, 0.2) is 0 Å². The Morgan fingerprint density at radius 2 is 1.95 bits per heavy atom. The van der Waals surface area contributed by atoms with Crippen molar-refractivity contribution in [1.82, 2.24) is 4.98 Å². The van der Waals surface area contributed by atoms with Gasteiger partial charge in [-0.3, -0.25) is 0 Å².